The summed E-state index contributed by atoms with van der Waals surface area (Å²) >= 11 is 0. The zero-order valence-electron chi connectivity index (χ0n) is 8.93. The van der Waals surface area contributed by atoms with Crippen LogP contribution in [0.4, 0.5) is 5.69 Å². The molecule has 0 radical (unpaired) electrons. The number of aromatic nitrogens is 1. The highest BCUT2D eigenvalue weighted by Gasteiger charge is 2.06. The molecule has 0 saturated carbocycles. The van der Waals surface area contributed by atoms with Crippen LogP contribution in [0.2, 0.25) is 0 Å². The van der Waals surface area contributed by atoms with Crippen LogP contribution in [0.3, 0.4) is 0 Å². The lowest BCUT2D eigenvalue weighted by Gasteiger charge is -2.12. The molecule has 0 amide bonds. The number of hydrogen-bond acceptors (Lipinski definition) is 5. The van der Waals surface area contributed by atoms with Gasteiger partial charge in [0.05, 0.1) is 18.4 Å². The zero-order valence-corrected chi connectivity index (χ0v) is 8.93. The van der Waals surface area contributed by atoms with E-state index < -0.39 is 0 Å². The molecule has 0 aromatic carbocycles. The van der Waals surface area contributed by atoms with Crippen LogP contribution in [0, 0.1) is 0 Å². The molecular formula is C10H16N2O3. The van der Waals surface area contributed by atoms with Gasteiger partial charge in [-0.3, -0.25) is 0 Å². The van der Waals surface area contributed by atoms with Crippen LogP contribution in [-0.4, -0.2) is 29.4 Å². The molecule has 0 spiro atoms. The van der Waals surface area contributed by atoms with Gasteiger partial charge in [-0.1, -0.05) is 0 Å². The van der Waals surface area contributed by atoms with E-state index in [1.165, 1.54) is 0 Å². The minimum Gasteiger partial charge on any atom is -0.475 e. The van der Waals surface area contributed by atoms with Gasteiger partial charge in [0.25, 0.3) is 0 Å². The molecule has 0 atom stereocenters. The lowest BCUT2D eigenvalue weighted by molar-refractivity contribution is 0.191. The van der Waals surface area contributed by atoms with Gasteiger partial charge in [0, 0.05) is 6.07 Å². The molecule has 15 heavy (non-hydrogen) atoms. The molecule has 0 saturated heterocycles. The summed E-state index contributed by atoms with van der Waals surface area (Å²) in [5, 5.41) is 8.59. The average molecular weight is 212 g/mol. The zero-order chi connectivity index (χ0) is 11.3. The van der Waals surface area contributed by atoms with Crippen LogP contribution in [0.1, 0.15) is 13.8 Å². The maximum Gasteiger partial charge on any atom is 0.240 e. The average Bonchev–Trinajstić information content (AvgIpc) is 2.18. The summed E-state index contributed by atoms with van der Waals surface area (Å²) in [7, 11) is 0. The molecule has 0 aliphatic rings. The van der Waals surface area contributed by atoms with Gasteiger partial charge in [0.2, 0.25) is 11.8 Å². The van der Waals surface area contributed by atoms with E-state index in [-0.39, 0.29) is 19.3 Å². The third kappa shape index (κ3) is 3.63. The molecule has 0 unspecified atom stereocenters. The van der Waals surface area contributed by atoms with Gasteiger partial charge >= 0.3 is 0 Å². The minimum atomic E-state index is -0.0492. The number of aliphatic hydroxyl groups excluding tert-OH is 1. The number of nitrogens with two attached hydrogens (primary N) is 1. The van der Waals surface area contributed by atoms with E-state index in [2.05, 4.69) is 4.98 Å². The van der Waals surface area contributed by atoms with Crippen molar-refractivity contribution in [1.82, 2.24) is 4.98 Å². The van der Waals surface area contributed by atoms with Gasteiger partial charge in [0.1, 0.15) is 6.61 Å². The first kappa shape index (κ1) is 11.6. The maximum absolute atomic E-state index is 8.59. The Morgan fingerprint density at radius 1 is 1.47 bits per heavy atom. The topological polar surface area (TPSA) is 77.6 Å². The molecule has 1 rings (SSSR count). The van der Waals surface area contributed by atoms with E-state index >= 15 is 0 Å². The normalized spacial score (nSPS) is 10.4. The van der Waals surface area contributed by atoms with Crippen LogP contribution < -0.4 is 15.2 Å². The van der Waals surface area contributed by atoms with E-state index in [1.807, 2.05) is 13.8 Å². The summed E-state index contributed by atoms with van der Waals surface area (Å²) in [5.41, 5.74) is 6.15. The molecule has 1 heterocycles. The van der Waals surface area contributed by atoms with E-state index in [0.717, 1.165) is 0 Å². The van der Waals surface area contributed by atoms with Crippen molar-refractivity contribution in [3.05, 3.63) is 12.1 Å². The number of aliphatic hydroxyl groups is 1. The van der Waals surface area contributed by atoms with Gasteiger partial charge in [-0.05, 0) is 19.9 Å². The number of rotatable bonds is 5. The van der Waals surface area contributed by atoms with Gasteiger partial charge in [-0.25, -0.2) is 0 Å². The van der Waals surface area contributed by atoms with Gasteiger partial charge in [-0.15, -0.1) is 0 Å². The summed E-state index contributed by atoms with van der Waals surface area (Å²) < 4.78 is 10.5. The van der Waals surface area contributed by atoms with Gasteiger partial charge < -0.3 is 20.3 Å². The Labute approximate surface area is 88.8 Å². The number of ether oxygens (including phenoxy) is 2. The number of nitrogens with zero attached hydrogens (tertiary/aromatic N) is 1. The predicted octanol–water partition coefficient (Wildman–Crippen LogP) is 0.822. The first-order valence-corrected chi connectivity index (χ1v) is 4.80. The number of anilines is 1. The van der Waals surface area contributed by atoms with Crippen molar-refractivity contribution in [2.24, 2.45) is 0 Å². The summed E-state index contributed by atoms with van der Waals surface area (Å²) in [6, 6.07) is 3.30. The van der Waals surface area contributed by atoms with Crippen molar-refractivity contribution in [2.75, 3.05) is 18.9 Å². The number of nitrogen functional groups attached to an aromatic ring is 1. The second kappa shape index (κ2) is 5.41. The second-order valence-corrected chi connectivity index (χ2v) is 3.28. The largest absolute Gasteiger partial charge is 0.475 e. The Kier molecular flexibility index (Phi) is 4.17. The molecule has 1 aromatic heterocycles. The molecule has 1 aromatic rings. The molecule has 84 valence electrons. The highest BCUT2D eigenvalue weighted by atomic mass is 16.5. The molecule has 5 nitrogen and oxygen atoms in total. The summed E-state index contributed by atoms with van der Waals surface area (Å²) in [6.07, 6.45) is 0.00731. The van der Waals surface area contributed by atoms with Crippen molar-refractivity contribution in [3.8, 4) is 11.8 Å². The Morgan fingerprint density at radius 2 is 2.20 bits per heavy atom. The molecule has 0 aliphatic heterocycles. The Balaban J connectivity index is 2.75. The maximum atomic E-state index is 8.59. The van der Waals surface area contributed by atoms with Gasteiger partial charge in [-0.2, -0.15) is 4.98 Å². The first-order chi connectivity index (χ1) is 7.13. The Hall–Kier alpha value is -1.49. The first-order valence-electron chi connectivity index (χ1n) is 4.80. The molecule has 0 fully saturated rings. The SMILES string of the molecule is CC(C)Oc1nc(OCCO)ccc1N. The van der Waals surface area contributed by atoms with E-state index in [4.69, 9.17) is 20.3 Å². The molecule has 5 heteroatoms. The van der Waals surface area contributed by atoms with Crippen LogP contribution in [-0.2, 0) is 0 Å². The van der Waals surface area contributed by atoms with Crippen LogP contribution >= 0.6 is 0 Å². The second-order valence-electron chi connectivity index (χ2n) is 3.28. The molecular weight excluding hydrogens is 196 g/mol. The molecule has 0 bridgehead atoms. The standard InChI is InChI=1S/C10H16N2O3/c1-7(2)15-10-8(11)3-4-9(12-10)14-6-5-13/h3-4,7,13H,5-6,11H2,1-2H3. The smallest absolute Gasteiger partial charge is 0.240 e. The van der Waals surface area contributed by atoms with Crippen LogP contribution in [0.15, 0.2) is 12.1 Å². The third-order valence-corrected chi connectivity index (χ3v) is 1.55. The lowest BCUT2D eigenvalue weighted by Crippen LogP contribution is -2.10. The minimum absolute atomic E-state index is 0.00731. The fourth-order valence-electron chi connectivity index (χ4n) is 0.983. The van der Waals surface area contributed by atoms with E-state index in [0.29, 0.717) is 17.4 Å². The Morgan fingerprint density at radius 3 is 2.80 bits per heavy atom. The fourth-order valence-corrected chi connectivity index (χ4v) is 0.983. The van der Waals surface area contributed by atoms with E-state index in [1.54, 1.807) is 12.1 Å². The molecule has 3 N–H and O–H groups in total. The summed E-state index contributed by atoms with van der Waals surface area (Å²) in [6.45, 7) is 3.94. The number of pyridine rings is 1. The van der Waals surface area contributed by atoms with Gasteiger partial charge in [0.15, 0.2) is 0 Å². The van der Waals surface area contributed by atoms with E-state index in [9.17, 15) is 0 Å². The number of hydrogen-bond donors (Lipinski definition) is 2. The molecule has 0 aliphatic carbocycles. The van der Waals surface area contributed by atoms with Crippen molar-refractivity contribution >= 4 is 5.69 Å². The summed E-state index contributed by atoms with van der Waals surface area (Å²) in [4.78, 5) is 4.07. The van der Waals surface area contributed by atoms with Crippen molar-refractivity contribution in [1.29, 1.82) is 0 Å². The highest BCUT2D eigenvalue weighted by Crippen LogP contribution is 2.22. The lowest BCUT2D eigenvalue weighted by atomic mass is 10.4. The predicted molar refractivity (Wildman–Crippen MR) is 57.0 cm³/mol. The fraction of sp³-hybridized carbons (Fsp3) is 0.500. The highest BCUT2D eigenvalue weighted by molar-refractivity contribution is 5.49. The monoisotopic (exact) mass is 212 g/mol. The van der Waals surface area contributed by atoms with Crippen molar-refractivity contribution < 1.29 is 14.6 Å². The third-order valence-electron chi connectivity index (χ3n) is 1.55. The Bertz CT molecular complexity index is 316. The van der Waals surface area contributed by atoms with Crippen LogP contribution in [0.25, 0.3) is 0 Å². The van der Waals surface area contributed by atoms with Crippen molar-refractivity contribution in [2.45, 2.75) is 20.0 Å². The quantitative estimate of drug-likeness (QED) is 0.755. The van der Waals surface area contributed by atoms with Crippen LogP contribution in [0.5, 0.6) is 11.8 Å². The summed E-state index contributed by atoms with van der Waals surface area (Å²) in [5.74, 6) is 0.759. The van der Waals surface area contributed by atoms with Crippen molar-refractivity contribution in [3.63, 3.8) is 0 Å².